The number of unbranched alkanes of at least 4 members (excludes halogenated alkanes) is 46. The highest BCUT2D eigenvalue weighted by molar-refractivity contribution is 5.76. The molecule has 3 N–H and O–H groups in total. The van der Waals surface area contributed by atoms with E-state index < -0.39 is 12.1 Å². The zero-order valence-electron chi connectivity index (χ0n) is 48.7. The summed E-state index contributed by atoms with van der Waals surface area (Å²) in [6.45, 7) is 4.97. The molecule has 0 spiro atoms. The van der Waals surface area contributed by atoms with Gasteiger partial charge in [0, 0.05) is 12.8 Å². The molecule has 0 saturated heterocycles. The fourth-order valence-electron chi connectivity index (χ4n) is 10.3. The van der Waals surface area contributed by atoms with Crippen molar-refractivity contribution >= 4 is 11.9 Å². The minimum atomic E-state index is -0.664. The van der Waals surface area contributed by atoms with Crippen LogP contribution < -0.4 is 5.32 Å². The third-order valence-corrected chi connectivity index (χ3v) is 15.3. The van der Waals surface area contributed by atoms with Crippen molar-refractivity contribution < 1.29 is 24.5 Å². The van der Waals surface area contributed by atoms with Crippen LogP contribution in [0, 0.1) is 0 Å². The van der Waals surface area contributed by atoms with Crippen LogP contribution in [0.5, 0.6) is 0 Å². The first-order chi connectivity index (χ1) is 35.5. The van der Waals surface area contributed by atoms with Crippen LogP contribution in [0.15, 0.2) is 24.3 Å². The van der Waals surface area contributed by atoms with Crippen LogP contribution in [0.4, 0.5) is 0 Å². The van der Waals surface area contributed by atoms with Crippen LogP contribution in [-0.4, -0.2) is 47.4 Å². The molecule has 2 atom stereocenters. The molecule has 0 aromatic rings. The van der Waals surface area contributed by atoms with Gasteiger partial charge in [-0.15, -0.1) is 0 Å². The van der Waals surface area contributed by atoms with Crippen molar-refractivity contribution in [1.29, 1.82) is 0 Å². The number of aliphatic hydroxyl groups is 2. The first-order valence-corrected chi connectivity index (χ1v) is 32.6. The Balaban J connectivity index is 3.39. The number of rotatable bonds is 61. The third-order valence-electron chi connectivity index (χ3n) is 15.3. The van der Waals surface area contributed by atoms with Gasteiger partial charge in [-0.1, -0.05) is 314 Å². The normalized spacial score (nSPS) is 12.7. The van der Waals surface area contributed by atoms with E-state index in [1.807, 2.05) is 0 Å². The summed E-state index contributed by atoms with van der Waals surface area (Å²) < 4.78 is 5.48. The van der Waals surface area contributed by atoms with E-state index in [2.05, 4.69) is 43.5 Å². The number of amides is 1. The lowest BCUT2D eigenvalue weighted by Gasteiger charge is -2.22. The molecular formula is C66H127NO5. The monoisotopic (exact) mass is 1010 g/mol. The number of hydrogen-bond acceptors (Lipinski definition) is 5. The maximum atomic E-state index is 12.5. The van der Waals surface area contributed by atoms with Crippen LogP contribution in [0.1, 0.15) is 361 Å². The van der Waals surface area contributed by atoms with E-state index in [1.54, 1.807) is 0 Å². The van der Waals surface area contributed by atoms with E-state index >= 15 is 0 Å². The van der Waals surface area contributed by atoms with Gasteiger partial charge < -0.3 is 20.3 Å². The Labute approximate surface area is 450 Å². The second-order valence-electron chi connectivity index (χ2n) is 22.5. The Morgan fingerprint density at radius 1 is 0.389 bits per heavy atom. The first kappa shape index (κ1) is 70.3. The van der Waals surface area contributed by atoms with Gasteiger partial charge in [0.2, 0.25) is 5.91 Å². The molecule has 6 nitrogen and oxygen atoms in total. The average Bonchev–Trinajstić information content (AvgIpc) is 3.38. The summed E-state index contributed by atoms with van der Waals surface area (Å²) in [5, 5.41) is 23.3. The standard InChI is InChI=1S/C66H127NO5/c1-3-5-7-9-11-13-15-34-38-42-46-50-54-58-64(69)63(62-68)67-65(70)59-55-51-47-43-39-36-32-30-28-26-24-22-20-18-17-19-21-23-25-27-29-31-33-37-41-45-49-53-57-61-72-66(71)60-56-52-48-44-40-35-16-14-12-10-8-6-4-2/h17,19,23,25,63-64,68-69H,3-16,18,20-22,24,26-62H2,1-2H3,(H,67,70)/b19-17-,25-23-. The van der Waals surface area contributed by atoms with Crippen LogP contribution in [0.3, 0.4) is 0 Å². The highest BCUT2D eigenvalue weighted by Crippen LogP contribution is 2.18. The summed E-state index contributed by atoms with van der Waals surface area (Å²) in [6, 6.07) is -0.541. The van der Waals surface area contributed by atoms with Crippen LogP contribution >= 0.6 is 0 Å². The Kier molecular flexibility index (Phi) is 60.5. The lowest BCUT2D eigenvalue weighted by atomic mass is 10.0. The molecule has 0 aromatic carbocycles. The van der Waals surface area contributed by atoms with E-state index in [4.69, 9.17) is 4.74 Å². The molecular weight excluding hydrogens is 887 g/mol. The van der Waals surface area contributed by atoms with E-state index in [0.29, 0.717) is 25.9 Å². The van der Waals surface area contributed by atoms with Gasteiger partial charge in [0.15, 0.2) is 0 Å². The molecule has 0 aliphatic carbocycles. The Bertz CT molecular complexity index is 1120. The van der Waals surface area contributed by atoms with Crippen molar-refractivity contribution in [3.63, 3.8) is 0 Å². The summed E-state index contributed by atoms with van der Waals surface area (Å²) in [5.41, 5.74) is 0. The molecule has 0 saturated carbocycles. The zero-order valence-corrected chi connectivity index (χ0v) is 48.7. The van der Waals surface area contributed by atoms with E-state index in [-0.39, 0.29) is 18.5 Å². The summed E-state index contributed by atoms with van der Waals surface area (Å²) in [5.74, 6) is -0.0206. The van der Waals surface area contributed by atoms with Gasteiger partial charge in [0.05, 0.1) is 25.4 Å². The molecule has 0 bridgehead atoms. The molecule has 1 amide bonds. The second-order valence-corrected chi connectivity index (χ2v) is 22.5. The molecule has 426 valence electrons. The molecule has 0 aliphatic heterocycles. The largest absolute Gasteiger partial charge is 0.466 e. The molecule has 0 rings (SSSR count). The lowest BCUT2D eigenvalue weighted by Crippen LogP contribution is -2.45. The third kappa shape index (κ3) is 57.6. The number of esters is 1. The van der Waals surface area contributed by atoms with E-state index in [9.17, 15) is 19.8 Å². The minimum Gasteiger partial charge on any atom is -0.466 e. The Morgan fingerprint density at radius 2 is 0.694 bits per heavy atom. The minimum absolute atomic E-state index is 0.0139. The van der Waals surface area contributed by atoms with Gasteiger partial charge in [-0.05, 0) is 57.8 Å². The Hall–Kier alpha value is -1.66. The molecule has 0 aromatic heterocycles. The predicted molar refractivity (Wildman–Crippen MR) is 315 cm³/mol. The van der Waals surface area contributed by atoms with Crippen molar-refractivity contribution in [1.82, 2.24) is 5.32 Å². The number of nitrogens with one attached hydrogen (secondary N) is 1. The van der Waals surface area contributed by atoms with Gasteiger partial charge in [-0.25, -0.2) is 0 Å². The topological polar surface area (TPSA) is 95.9 Å². The van der Waals surface area contributed by atoms with Gasteiger partial charge >= 0.3 is 5.97 Å². The molecule has 2 unspecified atom stereocenters. The van der Waals surface area contributed by atoms with Crippen LogP contribution in [-0.2, 0) is 14.3 Å². The number of ether oxygens (including phenoxy) is 1. The molecule has 0 aliphatic rings. The smallest absolute Gasteiger partial charge is 0.305 e. The average molecular weight is 1010 g/mol. The number of carbonyl (C=O) groups excluding carboxylic acids is 2. The SMILES string of the molecule is CCCCCCCCCCCCCCCC(=O)OCCCCCCCCCCC/C=C\C/C=C\CCCCCCCCCCCCCCCC(=O)NC(CO)C(O)CCCCCCCCCCCCCCC. The zero-order chi connectivity index (χ0) is 52.2. The van der Waals surface area contributed by atoms with Crippen molar-refractivity contribution in [3.8, 4) is 0 Å². The second kappa shape index (κ2) is 61.9. The lowest BCUT2D eigenvalue weighted by molar-refractivity contribution is -0.143. The number of hydrogen-bond donors (Lipinski definition) is 3. The van der Waals surface area contributed by atoms with Crippen molar-refractivity contribution in [2.45, 2.75) is 373 Å². The molecule has 72 heavy (non-hydrogen) atoms. The fourth-order valence-corrected chi connectivity index (χ4v) is 10.3. The maximum absolute atomic E-state index is 12.5. The van der Waals surface area contributed by atoms with Crippen LogP contribution in [0.25, 0.3) is 0 Å². The summed E-state index contributed by atoms with van der Waals surface area (Å²) in [6.07, 6.45) is 76.3. The quantitative estimate of drug-likeness (QED) is 0.0320. The number of allylic oxidation sites excluding steroid dienone is 4. The van der Waals surface area contributed by atoms with Crippen molar-refractivity contribution in [3.05, 3.63) is 24.3 Å². The predicted octanol–water partition coefficient (Wildman–Crippen LogP) is 20.6. The van der Waals surface area contributed by atoms with Gasteiger partial charge in [0.1, 0.15) is 0 Å². The summed E-state index contributed by atoms with van der Waals surface area (Å²) in [4.78, 5) is 24.5. The summed E-state index contributed by atoms with van der Waals surface area (Å²) in [7, 11) is 0. The molecule has 0 radical (unpaired) electrons. The van der Waals surface area contributed by atoms with E-state index in [0.717, 1.165) is 44.9 Å². The van der Waals surface area contributed by atoms with Crippen molar-refractivity contribution in [2.75, 3.05) is 13.2 Å². The highest BCUT2D eigenvalue weighted by atomic mass is 16.5. The fraction of sp³-hybridized carbons (Fsp3) is 0.909. The molecule has 0 fully saturated rings. The van der Waals surface area contributed by atoms with E-state index in [1.165, 1.54) is 283 Å². The number of carbonyl (C=O) groups is 2. The molecule has 6 heteroatoms. The highest BCUT2D eigenvalue weighted by Gasteiger charge is 2.20. The Morgan fingerprint density at radius 3 is 1.06 bits per heavy atom. The number of aliphatic hydroxyl groups excluding tert-OH is 2. The van der Waals surface area contributed by atoms with Gasteiger partial charge in [0.25, 0.3) is 0 Å². The first-order valence-electron chi connectivity index (χ1n) is 32.6. The van der Waals surface area contributed by atoms with Crippen molar-refractivity contribution in [2.24, 2.45) is 0 Å². The van der Waals surface area contributed by atoms with Gasteiger partial charge in [-0.3, -0.25) is 9.59 Å². The van der Waals surface area contributed by atoms with Gasteiger partial charge in [-0.2, -0.15) is 0 Å². The summed E-state index contributed by atoms with van der Waals surface area (Å²) >= 11 is 0. The van der Waals surface area contributed by atoms with Crippen LogP contribution in [0.2, 0.25) is 0 Å². The molecule has 0 heterocycles. The maximum Gasteiger partial charge on any atom is 0.305 e.